The number of rotatable bonds is 2. The molecular formula is C7H8IN5O. The van der Waals surface area contributed by atoms with Crippen LogP contribution in [0.1, 0.15) is 6.92 Å². The van der Waals surface area contributed by atoms with Gasteiger partial charge in [-0.15, -0.1) is 0 Å². The van der Waals surface area contributed by atoms with Crippen LogP contribution >= 0.6 is 22.6 Å². The van der Waals surface area contributed by atoms with E-state index in [-0.39, 0.29) is 5.95 Å². The Kier molecular flexibility index (Phi) is 2.40. The van der Waals surface area contributed by atoms with E-state index in [0.717, 1.165) is 9.09 Å². The lowest BCUT2D eigenvalue weighted by molar-refractivity contribution is 0.331. The number of aromatic amines is 1. The van der Waals surface area contributed by atoms with E-state index in [2.05, 4.69) is 42.8 Å². The van der Waals surface area contributed by atoms with Gasteiger partial charge < -0.3 is 10.5 Å². The molecule has 0 amide bonds. The number of halogens is 1. The second kappa shape index (κ2) is 3.56. The Bertz CT molecular complexity index is 468. The molecule has 0 fully saturated rings. The highest BCUT2D eigenvalue weighted by atomic mass is 127. The molecule has 6 nitrogen and oxygen atoms in total. The summed E-state index contributed by atoms with van der Waals surface area (Å²) in [7, 11) is 0. The van der Waals surface area contributed by atoms with E-state index in [1.165, 1.54) is 0 Å². The van der Waals surface area contributed by atoms with E-state index >= 15 is 0 Å². The van der Waals surface area contributed by atoms with E-state index in [1.54, 1.807) is 0 Å². The zero-order chi connectivity index (χ0) is 10.1. The van der Waals surface area contributed by atoms with Crippen molar-refractivity contribution < 1.29 is 4.74 Å². The summed E-state index contributed by atoms with van der Waals surface area (Å²) in [5, 5.41) is 7.56. The number of aromatic nitrogens is 4. The van der Waals surface area contributed by atoms with Crippen LogP contribution in [0.25, 0.3) is 11.0 Å². The van der Waals surface area contributed by atoms with Crippen molar-refractivity contribution in [3.8, 4) is 5.88 Å². The summed E-state index contributed by atoms with van der Waals surface area (Å²) in [5.41, 5.74) is 6.04. The Labute approximate surface area is 93.4 Å². The minimum absolute atomic E-state index is 0.170. The van der Waals surface area contributed by atoms with Crippen molar-refractivity contribution in [3.05, 3.63) is 3.70 Å². The number of hydrogen-bond donors (Lipinski definition) is 2. The number of fused-ring (bicyclic) bond motifs is 1. The van der Waals surface area contributed by atoms with Gasteiger partial charge in [0.05, 0.1) is 6.61 Å². The first-order chi connectivity index (χ1) is 6.72. The van der Waals surface area contributed by atoms with Crippen LogP contribution in [0.5, 0.6) is 5.88 Å². The summed E-state index contributed by atoms with van der Waals surface area (Å²) >= 11 is 2.11. The molecule has 0 bridgehead atoms. The molecule has 0 saturated carbocycles. The molecule has 7 heteroatoms. The number of nitrogens with one attached hydrogen (secondary N) is 1. The lowest BCUT2D eigenvalue weighted by atomic mass is 10.4. The first kappa shape index (κ1) is 9.44. The number of nitrogen functional groups attached to an aromatic ring is 1. The molecular weight excluding hydrogens is 297 g/mol. The third-order valence-electron chi connectivity index (χ3n) is 1.63. The van der Waals surface area contributed by atoms with Gasteiger partial charge in [-0.05, 0) is 29.5 Å². The lowest BCUT2D eigenvalue weighted by Gasteiger charge is -2.03. The highest BCUT2D eigenvalue weighted by Crippen LogP contribution is 2.25. The molecule has 2 heterocycles. The molecule has 0 aromatic carbocycles. The van der Waals surface area contributed by atoms with Crippen molar-refractivity contribution in [2.75, 3.05) is 12.3 Å². The molecule has 74 valence electrons. The van der Waals surface area contributed by atoms with Gasteiger partial charge in [-0.2, -0.15) is 15.1 Å². The van der Waals surface area contributed by atoms with Crippen molar-refractivity contribution in [2.45, 2.75) is 6.92 Å². The van der Waals surface area contributed by atoms with Crippen LogP contribution in [-0.2, 0) is 0 Å². The summed E-state index contributed by atoms with van der Waals surface area (Å²) in [4.78, 5) is 7.98. The molecule has 0 spiro atoms. The topological polar surface area (TPSA) is 89.7 Å². The predicted molar refractivity (Wildman–Crippen MR) is 60.0 cm³/mol. The molecule has 2 aromatic heterocycles. The van der Waals surface area contributed by atoms with Crippen molar-refractivity contribution in [1.29, 1.82) is 0 Å². The third-order valence-corrected chi connectivity index (χ3v) is 2.42. The van der Waals surface area contributed by atoms with Crippen LogP contribution in [0.2, 0.25) is 0 Å². The number of nitrogens with zero attached hydrogens (tertiary/aromatic N) is 3. The largest absolute Gasteiger partial charge is 0.477 e. The minimum Gasteiger partial charge on any atom is -0.477 e. The summed E-state index contributed by atoms with van der Waals surface area (Å²) in [6, 6.07) is 0. The lowest BCUT2D eigenvalue weighted by Crippen LogP contribution is -2.01. The van der Waals surface area contributed by atoms with Crippen molar-refractivity contribution in [1.82, 2.24) is 20.2 Å². The first-order valence-corrected chi connectivity index (χ1v) is 5.10. The summed E-state index contributed by atoms with van der Waals surface area (Å²) < 4.78 is 6.19. The molecule has 0 aliphatic carbocycles. The van der Waals surface area contributed by atoms with E-state index in [1.807, 2.05) is 6.92 Å². The predicted octanol–water partition coefficient (Wildman–Crippen LogP) is 0.938. The third kappa shape index (κ3) is 1.47. The maximum Gasteiger partial charge on any atom is 0.230 e. The van der Waals surface area contributed by atoms with Crippen LogP contribution in [0, 0.1) is 3.70 Å². The van der Waals surface area contributed by atoms with E-state index in [4.69, 9.17) is 10.5 Å². The Morgan fingerprint density at radius 3 is 3.00 bits per heavy atom. The SMILES string of the molecule is CCOc1nc(N)nc2n[nH]c(I)c12. The van der Waals surface area contributed by atoms with Gasteiger partial charge in [-0.3, -0.25) is 5.10 Å². The fourth-order valence-corrected chi connectivity index (χ4v) is 1.71. The van der Waals surface area contributed by atoms with Gasteiger partial charge in [0.25, 0.3) is 0 Å². The molecule has 0 aliphatic heterocycles. The number of nitrogens with two attached hydrogens (primary N) is 1. The molecule has 3 N–H and O–H groups in total. The number of hydrogen-bond acceptors (Lipinski definition) is 5. The van der Waals surface area contributed by atoms with Gasteiger partial charge in [0.1, 0.15) is 9.09 Å². The Hall–Kier alpha value is -1.12. The fourth-order valence-electron chi connectivity index (χ4n) is 1.12. The summed E-state index contributed by atoms with van der Waals surface area (Å²) in [6.07, 6.45) is 0. The maximum absolute atomic E-state index is 5.51. The summed E-state index contributed by atoms with van der Waals surface area (Å²) in [5.74, 6) is 0.650. The van der Waals surface area contributed by atoms with Gasteiger partial charge in [0.15, 0.2) is 5.65 Å². The van der Waals surface area contributed by atoms with E-state index < -0.39 is 0 Å². The maximum atomic E-state index is 5.51. The smallest absolute Gasteiger partial charge is 0.230 e. The van der Waals surface area contributed by atoms with Gasteiger partial charge in [-0.25, -0.2) is 0 Å². The van der Waals surface area contributed by atoms with Crippen LogP contribution in [-0.4, -0.2) is 26.8 Å². The zero-order valence-corrected chi connectivity index (χ0v) is 9.57. The molecule has 0 aliphatic rings. The van der Waals surface area contributed by atoms with Crippen LogP contribution in [0.15, 0.2) is 0 Å². The molecule has 14 heavy (non-hydrogen) atoms. The van der Waals surface area contributed by atoms with E-state index in [0.29, 0.717) is 18.1 Å². The quantitative estimate of drug-likeness (QED) is 0.806. The zero-order valence-electron chi connectivity index (χ0n) is 7.41. The summed E-state index contributed by atoms with van der Waals surface area (Å²) in [6.45, 7) is 2.42. The molecule has 0 unspecified atom stereocenters. The second-order valence-corrected chi connectivity index (χ2v) is 3.63. The monoisotopic (exact) mass is 305 g/mol. The van der Waals surface area contributed by atoms with Crippen molar-refractivity contribution in [2.24, 2.45) is 0 Å². The minimum atomic E-state index is 0.170. The number of anilines is 1. The van der Waals surface area contributed by atoms with Crippen LogP contribution < -0.4 is 10.5 Å². The van der Waals surface area contributed by atoms with Crippen molar-refractivity contribution in [3.63, 3.8) is 0 Å². The fraction of sp³-hybridized carbons (Fsp3) is 0.286. The molecule has 2 aromatic rings. The number of ether oxygens (including phenoxy) is 1. The molecule has 0 saturated heterocycles. The Morgan fingerprint density at radius 2 is 2.29 bits per heavy atom. The first-order valence-electron chi connectivity index (χ1n) is 4.02. The number of H-pyrrole nitrogens is 1. The highest BCUT2D eigenvalue weighted by molar-refractivity contribution is 14.1. The van der Waals surface area contributed by atoms with Crippen LogP contribution in [0.4, 0.5) is 5.95 Å². The van der Waals surface area contributed by atoms with E-state index in [9.17, 15) is 0 Å². The average molecular weight is 305 g/mol. The Morgan fingerprint density at radius 1 is 1.50 bits per heavy atom. The standard InChI is InChI=1S/C7H8IN5O/c1-2-14-6-3-4(8)12-13-5(3)10-7(9)11-6/h2H2,1H3,(H3,9,10,11,12,13). The normalized spacial score (nSPS) is 10.7. The van der Waals surface area contributed by atoms with Gasteiger partial charge in [0, 0.05) is 0 Å². The molecule has 0 radical (unpaired) electrons. The average Bonchev–Trinajstić information content (AvgIpc) is 2.48. The second-order valence-electron chi connectivity index (χ2n) is 2.56. The van der Waals surface area contributed by atoms with Crippen molar-refractivity contribution >= 4 is 39.6 Å². The molecule has 0 atom stereocenters. The van der Waals surface area contributed by atoms with Crippen LogP contribution in [0.3, 0.4) is 0 Å². The van der Waals surface area contributed by atoms with Gasteiger partial charge in [0.2, 0.25) is 11.8 Å². The molecule has 2 rings (SSSR count). The Balaban J connectivity index is 2.70. The highest BCUT2D eigenvalue weighted by Gasteiger charge is 2.13. The van der Waals surface area contributed by atoms with Gasteiger partial charge >= 0.3 is 0 Å². The van der Waals surface area contributed by atoms with Gasteiger partial charge in [-0.1, -0.05) is 0 Å².